The van der Waals surface area contributed by atoms with E-state index in [0.717, 1.165) is 22.8 Å². The molecule has 10 heteroatoms. The van der Waals surface area contributed by atoms with E-state index in [2.05, 4.69) is 4.72 Å². The Kier molecular flexibility index (Phi) is 6.55. The van der Waals surface area contributed by atoms with E-state index in [-0.39, 0.29) is 22.9 Å². The van der Waals surface area contributed by atoms with Crippen LogP contribution in [-0.2, 0) is 14.8 Å². The second-order valence-electron chi connectivity index (χ2n) is 8.40. The zero-order valence-electron chi connectivity index (χ0n) is 20.2. The zero-order valence-corrected chi connectivity index (χ0v) is 21.0. The van der Waals surface area contributed by atoms with E-state index >= 15 is 0 Å². The molecule has 4 aromatic rings. The van der Waals surface area contributed by atoms with Crippen molar-refractivity contribution in [2.24, 2.45) is 0 Å². The maximum Gasteiger partial charge on any atom is 0.340 e. The fourth-order valence-electron chi connectivity index (χ4n) is 4.13. The molecule has 0 unspecified atom stereocenters. The molecule has 0 aliphatic heterocycles. The summed E-state index contributed by atoms with van der Waals surface area (Å²) in [5.74, 6) is -0.512. The molecule has 0 atom stereocenters. The van der Waals surface area contributed by atoms with Crippen LogP contribution in [0.5, 0.6) is 0 Å². The third-order valence-electron chi connectivity index (χ3n) is 5.90. The summed E-state index contributed by atoms with van der Waals surface area (Å²) in [5.41, 5.74) is 4.18. The topological polar surface area (TPSA) is 121 Å². The maximum absolute atomic E-state index is 13.1. The van der Waals surface area contributed by atoms with Crippen molar-refractivity contribution in [1.29, 1.82) is 0 Å². The highest BCUT2D eigenvalue weighted by atomic mass is 32.2. The number of anilines is 1. The van der Waals surface area contributed by atoms with Crippen LogP contribution >= 0.6 is 0 Å². The van der Waals surface area contributed by atoms with Crippen molar-refractivity contribution in [2.75, 3.05) is 11.3 Å². The summed E-state index contributed by atoms with van der Waals surface area (Å²) in [7, 11) is -4.14. The summed E-state index contributed by atoms with van der Waals surface area (Å²) in [4.78, 5) is 23.2. The van der Waals surface area contributed by atoms with Crippen molar-refractivity contribution in [3.8, 4) is 5.69 Å². The molecule has 0 bridgehead atoms. The number of aryl methyl sites for hydroxylation is 2. The SMILES string of the molecule is CCOC(=O)c1c(C)n(-c2ccc(C)cc2)c2cc(C)c(NS(=O)(=O)c3cccc([N+](=O)[O-])c3)cc12. The largest absolute Gasteiger partial charge is 0.462 e. The lowest BCUT2D eigenvalue weighted by Crippen LogP contribution is -2.14. The molecule has 1 N–H and O–H groups in total. The van der Waals surface area contributed by atoms with E-state index < -0.39 is 20.9 Å². The van der Waals surface area contributed by atoms with Gasteiger partial charge in [-0.3, -0.25) is 14.8 Å². The van der Waals surface area contributed by atoms with E-state index in [1.807, 2.05) is 42.7 Å². The number of hydrogen-bond acceptors (Lipinski definition) is 6. The van der Waals surface area contributed by atoms with Gasteiger partial charge in [-0.25, -0.2) is 13.2 Å². The van der Waals surface area contributed by atoms with Crippen molar-refractivity contribution >= 4 is 38.3 Å². The van der Waals surface area contributed by atoms with Crippen LogP contribution in [0.25, 0.3) is 16.6 Å². The summed E-state index contributed by atoms with van der Waals surface area (Å²) in [6.07, 6.45) is 0. The number of fused-ring (bicyclic) bond motifs is 1. The highest BCUT2D eigenvalue weighted by Crippen LogP contribution is 2.35. The fraction of sp³-hybridized carbons (Fsp3) is 0.192. The molecule has 0 aliphatic rings. The Balaban J connectivity index is 1.89. The molecule has 0 aliphatic carbocycles. The molecule has 1 aromatic heterocycles. The van der Waals surface area contributed by atoms with Crippen LogP contribution in [0.15, 0.2) is 65.6 Å². The molecule has 1 heterocycles. The molecule has 0 spiro atoms. The van der Waals surface area contributed by atoms with Crippen LogP contribution in [0.3, 0.4) is 0 Å². The van der Waals surface area contributed by atoms with Gasteiger partial charge in [-0.05, 0) is 63.6 Å². The molecule has 186 valence electrons. The Bertz CT molecular complexity index is 1610. The number of non-ortho nitro benzene ring substituents is 1. The average molecular weight is 508 g/mol. The molecule has 9 nitrogen and oxygen atoms in total. The van der Waals surface area contributed by atoms with E-state index in [1.54, 1.807) is 26.0 Å². The van der Waals surface area contributed by atoms with Gasteiger partial charge in [-0.1, -0.05) is 23.8 Å². The number of ether oxygens (including phenoxy) is 1. The molecule has 4 rings (SSSR count). The van der Waals surface area contributed by atoms with E-state index in [4.69, 9.17) is 4.74 Å². The smallest absolute Gasteiger partial charge is 0.340 e. The number of rotatable bonds is 7. The summed E-state index contributed by atoms with van der Waals surface area (Å²) < 4.78 is 35.9. The maximum atomic E-state index is 13.1. The van der Waals surface area contributed by atoms with Gasteiger partial charge < -0.3 is 9.30 Å². The second kappa shape index (κ2) is 9.46. The van der Waals surface area contributed by atoms with Crippen molar-refractivity contribution in [3.05, 3.63) is 93.2 Å². The van der Waals surface area contributed by atoms with Gasteiger partial charge in [0.1, 0.15) is 0 Å². The number of carbonyl (C=O) groups excluding carboxylic acids is 1. The predicted octanol–water partition coefficient (Wildman–Crippen LogP) is 5.44. The third-order valence-corrected chi connectivity index (χ3v) is 7.27. The van der Waals surface area contributed by atoms with Crippen LogP contribution in [0.2, 0.25) is 0 Å². The lowest BCUT2D eigenvalue weighted by molar-refractivity contribution is -0.385. The zero-order chi connectivity index (χ0) is 26.2. The molecule has 0 fully saturated rings. The minimum atomic E-state index is -4.14. The van der Waals surface area contributed by atoms with Crippen LogP contribution < -0.4 is 4.72 Å². The summed E-state index contributed by atoms with van der Waals surface area (Å²) in [6, 6.07) is 16.1. The van der Waals surface area contributed by atoms with Crippen molar-refractivity contribution in [1.82, 2.24) is 4.57 Å². The van der Waals surface area contributed by atoms with Crippen molar-refractivity contribution in [2.45, 2.75) is 32.6 Å². The molecule has 0 saturated carbocycles. The fourth-order valence-corrected chi connectivity index (χ4v) is 5.29. The first kappa shape index (κ1) is 24.9. The molecule has 3 aromatic carbocycles. The Morgan fingerprint density at radius 1 is 1.06 bits per heavy atom. The molecule has 0 saturated heterocycles. The Morgan fingerprint density at radius 2 is 1.75 bits per heavy atom. The van der Waals surface area contributed by atoms with Gasteiger partial charge >= 0.3 is 5.97 Å². The Labute approximate surface area is 208 Å². The Morgan fingerprint density at radius 3 is 2.39 bits per heavy atom. The number of sulfonamides is 1. The van der Waals surface area contributed by atoms with Crippen molar-refractivity contribution in [3.63, 3.8) is 0 Å². The normalized spacial score (nSPS) is 11.4. The van der Waals surface area contributed by atoms with Gasteiger partial charge in [-0.15, -0.1) is 0 Å². The number of benzene rings is 3. The predicted molar refractivity (Wildman–Crippen MR) is 137 cm³/mol. The van der Waals surface area contributed by atoms with Gasteiger partial charge in [0.05, 0.1) is 33.2 Å². The number of nitro benzene ring substituents is 1. The second-order valence-corrected chi connectivity index (χ2v) is 10.1. The number of aromatic nitrogens is 1. The molecule has 0 radical (unpaired) electrons. The highest BCUT2D eigenvalue weighted by molar-refractivity contribution is 7.92. The van der Waals surface area contributed by atoms with E-state index in [0.29, 0.717) is 22.2 Å². The van der Waals surface area contributed by atoms with Gasteiger partial charge in [0.15, 0.2) is 0 Å². The standard InChI is InChI=1S/C26H25N3O6S/c1-5-35-26(30)25-18(4)28(19-11-9-16(2)10-12-19)24-13-17(3)23(15-22(24)25)27-36(33,34)21-8-6-7-20(14-21)29(31)32/h6-15,27H,5H2,1-4H3. The third kappa shape index (κ3) is 4.55. The van der Waals surface area contributed by atoms with E-state index in [9.17, 15) is 23.3 Å². The van der Waals surface area contributed by atoms with Gasteiger partial charge in [0.25, 0.3) is 15.7 Å². The minimum Gasteiger partial charge on any atom is -0.462 e. The summed E-state index contributed by atoms with van der Waals surface area (Å²) in [6.45, 7) is 7.45. The van der Waals surface area contributed by atoms with Gasteiger partial charge in [0.2, 0.25) is 0 Å². The number of nitrogens with one attached hydrogen (secondary N) is 1. The lowest BCUT2D eigenvalue weighted by atomic mass is 10.1. The monoisotopic (exact) mass is 507 g/mol. The first-order valence-corrected chi connectivity index (χ1v) is 12.7. The minimum absolute atomic E-state index is 0.188. The van der Waals surface area contributed by atoms with Gasteiger partial charge in [-0.2, -0.15) is 0 Å². The quantitative estimate of drug-likeness (QED) is 0.202. The number of carbonyl (C=O) groups is 1. The molecular formula is C26H25N3O6S. The van der Waals surface area contributed by atoms with Crippen LogP contribution in [0, 0.1) is 30.9 Å². The molecule has 36 heavy (non-hydrogen) atoms. The first-order chi connectivity index (χ1) is 17.0. The number of nitrogens with zero attached hydrogens (tertiary/aromatic N) is 2. The number of hydrogen-bond donors (Lipinski definition) is 1. The average Bonchev–Trinajstić information content (AvgIpc) is 3.10. The number of nitro groups is 1. The van der Waals surface area contributed by atoms with E-state index in [1.165, 1.54) is 18.2 Å². The Hall–Kier alpha value is -4.18. The van der Waals surface area contributed by atoms with Crippen LogP contribution in [-0.4, -0.2) is 30.5 Å². The summed E-state index contributed by atoms with van der Waals surface area (Å²) >= 11 is 0. The molecular weight excluding hydrogens is 482 g/mol. The van der Waals surface area contributed by atoms with Crippen LogP contribution in [0.1, 0.15) is 34.1 Å². The number of esters is 1. The van der Waals surface area contributed by atoms with Crippen molar-refractivity contribution < 1.29 is 22.9 Å². The van der Waals surface area contributed by atoms with Crippen LogP contribution in [0.4, 0.5) is 11.4 Å². The highest BCUT2D eigenvalue weighted by Gasteiger charge is 2.25. The first-order valence-electron chi connectivity index (χ1n) is 11.2. The van der Waals surface area contributed by atoms with Gasteiger partial charge in [0, 0.05) is 28.9 Å². The lowest BCUT2D eigenvalue weighted by Gasteiger charge is -2.13. The summed E-state index contributed by atoms with van der Waals surface area (Å²) in [5, 5.41) is 11.6. The molecule has 0 amide bonds.